The van der Waals surface area contributed by atoms with Crippen LogP contribution in [0.3, 0.4) is 0 Å². The Kier molecular flexibility index (Phi) is 9.83. The molecular weight excluding hydrogens is 486 g/mol. The van der Waals surface area contributed by atoms with Gasteiger partial charge in [-0.1, -0.05) is 37.3 Å². The van der Waals surface area contributed by atoms with Gasteiger partial charge in [0.05, 0.1) is 11.0 Å². The molecule has 4 N–H and O–H groups in total. The lowest BCUT2D eigenvalue weighted by Gasteiger charge is -2.30. The van der Waals surface area contributed by atoms with Crippen molar-refractivity contribution in [2.24, 2.45) is 5.73 Å². The number of carbonyl (C=O) groups is 2. The minimum atomic E-state index is -1.60. The summed E-state index contributed by atoms with van der Waals surface area (Å²) in [6, 6.07) is 13.0. The Morgan fingerprint density at radius 3 is 2.33 bits per heavy atom. The molecule has 0 saturated carbocycles. The maximum atomic E-state index is 13.5. The van der Waals surface area contributed by atoms with Crippen LogP contribution >= 0.6 is 11.3 Å². The Balaban J connectivity index is 1.75. The van der Waals surface area contributed by atoms with Gasteiger partial charge in [-0.15, -0.1) is 11.3 Å². The number of Topliss-reactive ketones (excluding diaryl/α,β-unsaturated/α-hetero) is 1. The molecule has 192 valence electrons. The first-order valence-electron chi connectivity index (χ1n) is 11.7. The molecule has 1 unspecified atom stereocenters. The molecule has 3 aromatic rings. The highest BCUT2D eigenvalue weighted by Gasteiger charge is 2.29. The number of aryl methyl sites for hydroxylation is 1. The predicted molar refractivity (Wildman–Crippen MR) is 135 cm³/mol. The zero-order chi connectivity index (χ0) is 26.2. The SMILES string of the molecule is CCc1cccc(CN(C[C@@H](O)[C@@H](N)Cc2cc(F)cc(F)c2)C(=O)C(O)CC(=O)c2cccs2)c1. The number of aliphatic hydroxyl groups excluding tert-OH is 2. The number of aliphatic hydroxyl groups is 2. The number of halogens is 2. The smallest absolute Gasteiger partial charge is 0.252 e. The summed E-state index contributed by atoms with van der Waals surface area (Å²) in [4.78, 5) is 27.3. The summed E-state index contributed by atoms with van der Waals surface area (Å²) in [6.45, 7) is 1.84. The van der Waals surface area contributed by atoms with Gasteiger partial charge in [0.25, 0.3) is 5.91 Å². The topological polar surface area (TPSA) is 104 Å². The van der Waals surface area contributed by atoms with Gasteiger partial charge in [0.2, 0.25) is 0 Å². The number of nitrogens with zero attached hydrogens (tertiary/aromatic N) is 1. The minimum Gasteiger partial charge on any atom is -0.390 e. The molecular formula is C27H30F2N2O4S. The Bertz CT molecular complexity index is 1150. The average Bonchev–Trinajstić information content (AvgIpc) is 3.38. The second-order valence-corrected chi connectivity index (χ2v) is 9.67. The fourth-order valence-corrected chi connectivity index (χ4v) is 4.59. The number of nitrogens with two attached hydrogens (primary N) is 1. The molecule has 36 heavy (non-hydrogen) atoms. The molecule has 9 heteroatoms. The maximum absolute atomic E-state index is 13.5. The van der Waals surface area contributed by atoms with Crippen LogP contribution in [0.1, 0.15) is 39.7 Å². The monoisotopic (exact) mass is 516 g/mol. The largest absolute Gasteiger partial charge is 0.390 e. The third-order valence-electron chi connectivity index (χ3n) is 5.84. The van der Waals surface area contributed by atoms with E-state index in [-0.39, 0.29) is 30.9 Å². The van der Waals surface area contributed by atoms with Crippen LogP contribution in [0.25, 0.3) is 0 Å². The van der Waals surface area contributed by atoms with E-state index in [0.29, 0.717) is 4.88 Å². The number of hydrogen-bond acceptors (Lipinski definition) is 6. The second kappa shape index (κ2) is 12.8. The highest BCUT2D eigenvalue weighted by atomic mass is 32.1. The minimum absolute atomic E-state index is 0.0252. The molecule has 1 amide bonds. The third kappa shape index (κ3) is 7.76. The van der Waals surface area contributed by atoms with Gasteiger partial charge in [0.15, 0.2) is 5.78 Å². The molecule has 2 aromatic carbocycles. The lowest BCUT2D eigenvalue weighted by atomic mass is 10.0. The van der Waals surface area contributed by atoms with Gasteiger partial charge in [0, 0.05) is 31.6 Å². The van der Waals surface area contributed by atoms with Crippen LogP contribution in [0.15, 0.2) is 60.0 Å². The molecule has 0 aliphatic rings. The zero-order valence-corrected chi connectivity index (χ0v) is 20.8. The lowest BCUT2D eigenvalue weighted by Crippen LogP contribution is -2.49. The second-order valence-electron chi connectivity index (χ2n) is 8.73. The number of carbonyl (C=O) groups excluding carboxylic acids is 2. The van der Waals surface area contributed by atoms with Gasteiger partial charge in [0.1, 0.15) is 17.7 Å². The first-order chi connectivity index (χ1) is 17.2. The first kappa shape index (κ1) is 27.6. The molecule has 0 saturated heterocycles. The van der Waals surface area contributed by atoms with Crippen LogP contribution in [0.4, 0.5) is 8.78 Å². The summed E-state index contributed by atoms with van der Waals surface area (Å²) < 4.78 is 27.1. The zero-order valence-electron chi connectivity index (χ0n) is 19.9. The molecule has 6 nitrogen and oxygen atoms in total. The highest BCUT2D eigenvalue weighted by Crippen LogP contribution is 2.17. The van der Waals surface area contributed by atoms with E-state index in [4.69, 9.17) is 5.73 Å². The first-order valence-corrected chi connectivity index (χ1v) is 12.5. The average molecular weight is 517 g/mol. The summed E-state index contributed by atoms with van der Waals surface area (Å²) in [5.74, 6) is -2.58. The quantitative estimate of drug-likeness (QED) is 0.320. The number of hydrogen-bond donors (Lipinski definition) is 3. The molecule has 3 atom stereocenters. The molecule has 1 heterocycles. The molecule has 0 bridgehead atoms. The van der Waals surface area contributed by atoms with E-state index >= 15 is 0 Å². The maximum Gasteiger partial charge on any atom is 0.252 e. The van der Waals surface area contributed by atoms with Crippen molar-refractivity contribution in [1.29, 1.82) is 0 Å². The number of ketones is 1. The van der Waals surface area contributed by atoms with Crippen molar-refractivity contribution in [2.75, 3.05) is 6.54 Å². The summed E-state index contributed by atoms with van der Waals surface area (Å²) in [6.07, 6.45) is -2.49. The number of rotatable bonds is 12. The van der Waals surface area contributed by atoms with Crippen molar-refractivity contribution < 1.29 is 28.6 Å². The molecule has 0 fully saturated rings. The molecule has 0 spiro atoms. The van der Waals surface area contributed by atoms with Gasteiger partial charge in [-0.05, 0) is 53.1 Å². The standard InChI is InChI=1S/C27H30F2N2O4S/c1-2-17-5-3-6-18(9-17)15-31(27(35)24(33)14-23(32)26-7-4-8-36-26)16-25(34)22(30)12-19-10-20(28)13-21(29)11-19/h3-11,13,22,24-25,33-34H,2,12,14-16,30H2,1H3/t22-,24?,25+/m0/s1. The summed E-state index contributed by atoms with van der Waals surface area (Å²) in [5, 5.41) is 23.1. The van der Waals surface area contributed by atoms with E-state index in [2.05, 4.69) is 0 Å². The molecule has 3 rings (SSSR count). The van der Waals surface area contributed by atoms with Gasteiger partial charge < -0.3 is 20.8 Å². The number of benzene rings is 2. The van der Waals surface area contributed by atoms with Crippen molar-refractivity contribution in [1.82, 2.24) is 4.90 Å². The van der Waals surface area contributed by atoms with E-state index in [1.54, 1.807) is 17.5 Å². The Labute approximate surface area is 213 Å². The molecule has 1 aromatic heterocycles. The molecule has 0 radical (unpaired) electrons. The van der Waals surface area contributed by atoms with Gasteiger partial charge in [-0.25, -0.2) is 8.78 Å². The van der Waals surface area contributed by atoms with Gasteiger partial charge in [-0.3, -0.25) is 9.59 Å². The predicted octanol–water partition coefficient (Wildman–Crippen LogP) is 3.48. The van der Waals surface area contributed by atoms with Crippen LogP contribution in [0.2, 0.25) is 0 Å². The van der Waals surface area contributed by atoms with E-state index in [1.165, 1.54) is 16.2 Å². The van der Waals surface area contributed by atoms with Crippen LogP contribution < -0.4 is 5.73 Å². The highest BCUT2D eigenvalue weighted by molar-refractivity contribution is 7.12. The third-order valence-corrected chi connectivity index (χ3v) is 6.75. The van der Waals surface area contributed by atoms with E-state index in [0.717, 1.165) is 35.7 Å². The van der Waals surface area contributed by atoms with Crippen molar-refractivity contribution in [3.63, 3.8) is 0 Å². The summed E-state index contributed by atoms with van der Waals surface area (Å²) >= 11 is 1.22. The van der Waals surface area contributed by atoms with Crippen molar-refractivity contribution in [3.05, 3.63) is 93.2 Å². The molecule has 0 aliphatic heterocycles. The summed E-state index contributed by atoms with van der Waals surface area (Å²) in [7, 11) is 0. The van der Waals surface area contributed by atoms with E-state index in [9.17, 15) is 28.6 Å². The molecule has 0 aliphatic carbocycles. The lowest BCUT2D eigenvalue weighted by molar-refractivity contribution is -0.142. The van der Waals surface area contributed by atoms with Gasteiger partial charge in [-0.2, -0.15) is 0 Å². The Morgan fingerprint density at radius 1 is 1.00 bits per heavy atom. The Hall–Kier alpha value is -2.98. The van der Waals surface area contributed by atoms with Crippen LogP contribution in [0, 0.1) is 11.6 Å². The number of amides is 1. The fourth-order valence-electron chi connectivity index (χ4n) is 3.91. The van der Waals surface area contributed by atoms with Gasteiger partial charge >= 0.3 is 0 Å². The van der Waals surface area contributed by atoms with Crippen molar-refractivity contribution >= 4 is 23.0 Å². The Morgan fingerprint density at radius 2 is 1.69 bits per heavy atom. The summed E-state index contributed by atoms with van der Waals surface area (Å²) in [5.41, 5.74) is 8.22. The van der Waals surface area contributed by atoms with E-state index in [1.807, 2.05) is 31.2 Å². The van der Waals surface area contributed by atoms with Crippen LogP contribution in [-0.4, -0.2) is 51.6 Å². The van der Waals surface area contributed by atoms with Crippen LogP contribution in [0.5, 0.6) is 0 Å². The number of thiophene rings is 1. The van der Waals surface area contributed by atoms with Crippen LogP contribution in [-0.2, 0) is 24.2 Å². The van der Waals surface area contributed by atoms with Crippen molar-refractivity contribution in [3.8, 4) is 0 Å². The van der Waals surface area contributed by atoms with Crippen molar-refractivity contribution in [2.45, 2.75) is 51.0 Å². The van der Waals surface area contributed by atoms with E-state index < -0.39 is 42.2 Å². The fraction of sp³-hybridized carbons (Fsp3) is 0.333. The normalized spacial score (nSPS) is 13.7.